The van der Waals surface area contributed by atoms with Gasteiger partial charge in [-0.05, 0) is 56.7 Å². The average Bonchev–Trinajstić information content (AvgIpc) is 2.65. The number of nitrogens with one attached hydrogen (secondary N) is 2. The molecule has 2 N–H and O–H groups in total. The van der Waals surface area contributed by atoms with Crippen LogP contribution in [-0.2, 0) is 16.4 Å². The lowest BCUT2D eigenvalue weighted by atomic mass is 9.98. The Kier molecular flexibility index (Phi) is 11.2. The summed E-state index contributed by atoms with van der Waals surface area (Å²) in [6, 6.07) is 8.20. The summed E-state index contributed by atoms with van der Waals surface area (Å²) in [6.07, 6.45) is 8.33. The van der Waals surface area contributed by atoms with Crippen molar-refractivity contribution in [1.82, 2.24) is 10.6 Å². The van der Waals surface area contributed by atoms with E-state index < -0.39 is 9.84 Å². The maximum atomic E-state index is 11.3. The topological polar surface area (TPSA) is 79.8 Å². The van der Waals surface area contributed by atoms with Gasteiger partial charge in [0.2, 0.25) is 0 Å². The van der Waals surface area contributed by atoms with Crippen LogP contribution in [0, 0.1) is 0 Å². The molecular weight excluding hydrogens is 489 g/mol. The van der Waals surface area contributed by atoms with Crippen LogP contribution in [0.3, 0.4) is 0 Å². The molecule has 0 heterocycles. The van der Waals surface area contributed by atoms with Crippen molar-refractivity contribution in [3.05, 3.63) is 29.8 Å². The van der Waals surface area contributed by atoms with Crippen molar-refractivity contribution in [2.24, 2.45) is 4.99 Å². The highest BCUT2D eigenvalue weighted by Crippen LogP contribution is 2.23. The molecule has 1 aromatic carbocycles. The van der Waals surface area contributed by atoms with Crippen LogP contribution < -0.4 is 15.4 Å². The second-order valence-corrected chi connectivity index (χ2v) is 9.67. The highest BCUT2D eigenvalue weighted by molar-refractivity contribution is 14.0. The van der Waals surface area contributed by atoms with Crippen LogP contribution in [0.1, 0.15) is 51.0 Å². The summed E-state index contributed by atoms with van der Waals surface area (Å²) in [6.45, 7) is 2.59. The lowest BCUT2D eigenvalue weighted by Crippen LogP contribution is -2.42. The first-order valence-electron chi connectivity index (χ1n) is 9.76. The molecule has 1 aromatic rings. The Labute approximate surface area is 186 Å². The lowest BCUT2D eigenvalue weighted by molar-refractivity contribution is 0.155. The molecular formula is C20H34IN3O3S. The lowest BCUT2D eigenvalue weighted by Gasteiger charge is -2.23. The van der Waals surface area contributed by atoms with E-state index >= 15 is 0 Å². The first-order chi connectivity index (χ1) is 12.9. The molecule has 2 rings (SSSR count). The summed E-state index contributed by atoms with van der Waals surface area (Å²) in [4.78, 5) is 4.20. The zero-order valence-corrected chi connectivity index (χ0v) is 20.3. The van der Waals surface area contributed by atoms with Gasteiger partial charge in [0.25, 0.3) is 0 Å². The van der Waals surface area contributed by atoms with Gasteiger partial charge in [-0.25, -0.2) is 8.42 Å². The molecule has 1 aliphatic rings. The third-order valence-corrected chi connectivity index (χ3v) is 5.74. The normalized spacial score (nSPS) is 16.8. The molecule has 0 radical (unpaired) electrons. The molecule has 0 aliphatic heterocycles. The molecule has 1 atom stereocenters. The van der Waals surface area contributed by atoms with E-state index in [1.54, 1.807) is 7.05 Å². The molecule has 1 aliphatic carbocycles. The van der Waals surface area contributed by atoms with E-state index in [-0.39, 0.29) is 35.8 Å². The fraction of sp³-hybridized carbons (Fsp3) is 0.650. The fourth-order valence-corrected chi connectivity index (χ4v) is 3.92. The molecule has 160 valence electrons. The highest BCUT2D eigenvalue weighted by Gasteiger charge is 2.14. The van der Waals surface area contributed by atoms with E-state index in [1.807, 2.05) is 19.1 Å². The third-order valence-electron chi connectivity index (χ3n) is 4.77. The molecule has 0 bridgehead atoms. The molecule has 6 nitrogen and oxygen atoms in total. The van der Waals surface area contributed by atoms with Gasteiger partial charge in [0.05, 0.1) is 11.9 Å². The Balaban J connectivity index is 0.00000392. The smallest absolute Gasteiger partial charge is 0.191 e. The first kappa shape index (κ1) is 25.0. The SMILES string of the molecule is CN=C(NCc1ccc(OC2CCCCC2)cc1)NC(C)CCS(C)(=O)=O.I. The van der Waals surface area contributed by atoms with Gasteiger partial charge in [-0.1, -0.05) is 18.6 Å². The second kappa shape index (κ2) is 12.5. The summed E-state index contributed by atoms with van der Waals surface area (Å²) in [5.74, 6) is 1.77. The largest absolute Gasteiger partial charge is 0.490 e. The van der Waals surface area contributed by atoms with Gasteiger partial charge < -0.3 is 15.4 Å². The van der Waals surface area contributed by atoms with E-state index in [9.17, 15) is 8.42 Å². The van der Waals surface area contributed by atoms with Gasteiger partial charge in [-0.2, -0.15) is 0 Å². The Hall–Kier alpha value is -1.03. The minimum absolute atomic E-state index is 0. The quantitative estimate of drug-likeness (QED) is 0.310. The first-order valence-corrected chi connectivity index (χ1v) is 11.8. The van der Waals surface area contributed by atoms with Crippen molar-refractivity contribution in [1.29, 1.82) is 0 Å². The zero-order valence-electron chi connectivity index (χ0n) is 17.1. The van der Waals surface area contributed by atoms with E-state index in [1.165, 1.54) is 25.5 Å². The summed E-state index contributed by atoms with van der Waals surface area (Å²) in [7, 11) is -1.24. The van der Waals surface area contributed by atoms with Gasteiger partial charge in [0, 0.05) is 25.9 Å². The van der Waals surface area contributed by atoms with E-state index in [0.29, 0.717) is 25.0 Å². The van der Waals surface area contributed by atoms with Crippen LogP contribution in [0.25, 0.3) is 0 Å². The zero-order chi connectivity index (χ0) is 19.7. The summed E-state index contributed by atoms with van der Waals surface area (Å²) in [5, 5.41) is 6.49. The van der Waals surface area contributed by atoms with Gasteiger partial charge in [-0.3, -0.25) is 4.99 Å². The van der Waals surface area contributed by atoms with Crippen LogP contribution in [0.4, 0.5) is 0 Å². The molecule has 1 saturated carbocycles. The summed E-state index contributed by atoms with van der Waals surface area (Å²) in [5.41, 5.74) is 1.14. The molecule has 0 saturated heterocycles. The Morgan fingerprint density at radius 1 is 1.21 bits per heavy atom. The predicted octanol–water partition coefficient (Wildman–Crippen LogP) is 3.50. The molecule has 0 amide bonds. The van der Waals surface area contributed by atoms with Crippen molar-refractivity contribution in [2.75, 3.05) is 19.1 Å². The number of nitrogens with zero attached hydrogens (tertiary/aromatic N) is 1. The standard InChI is InChI=1S/C20H33N3O3S.HI/c1-16(13-14-27(3,24)25)23-20(21-2)22-15-17-9-11-19(12-10-17)26-18-7-5-4-6-8-18;/h9-12,16,18H,4-8,13-15H2,1-3H3,(H2,21,22,23);1H. The monoisotopic (exact) mass is 523 g/mol. The molecule has 8 heteroatoms. The Morgan fingerprint density at radius 2 is 1.86 bits per heavy atom. The summed E-state index contributed by atoms with van der Waals surface area (Å²) >= 11 is 0. The van der Waals surface area contributed by atoms with Crippen molar-refractivity contribution in [3.8, 4) is 5.75 Å². The minimum Gasteiger partial charge on any atom is -0.490 e. The number of hydrogen-bond acceptors (Lipinski definition) is 4. The van der Waals surface area contributed by atoms with Crippen molar-refractivity contribution in [2.45, 2.75) is 64.1 Å². The van der Waals surface area contributed by atoms with Gasteiger partial charge in [0.15, 0.2) is 5.96 Å². The number of benzene rings is 1. The van der Waals surface area contributed by atoms with E-state index in [0.717, 1.165) is 24.2 Å². The van der Waals surface area contributed by atoms with Gasteiger partial charge >= 0.3 is 0 Å². The Morgan fingerprint density at radius 3 is 2.43 bits per heavy atom. The van der Waals surface area contributed by atoms with Crippen LogP contribution in [0.15, 0.2) is 29.3 Å². The maximum absolute atomic E-state index is 11.3. The number of rotatable bonds is 8. The van der Waals surface area contributed by atoms with Crippen LogP contribution in [-0.4, -0.2) is 45.6 Å². The molecule has 1 fully saturated rings. The van der Waals surface area contributed by atoms with Crippen LogP contribution in [0.2, 0.25) is 0 Å². The van der Waals surface area contributed by atoms with Crippen LogP contribution in [0.5, 0.6) is 5.75 Å². The van der Waals surface area contributed by atoms with Gasteiger partial charge in [-0.15, -0.1) is 24.0 Å². The number of hydrogen-bond donors (Lipinski definition) is 2. The Bertz CT molecular complexity index is 702. The summed E-state index contributed by atoms with van der Waals surface area (Å²) < 4.78 is 28.6. The molecule has 0 aromatic heterocycles. The fourth-order valence-electron chi connectivity index (χ4n) is 3.14. The molecule has 28 heavy (non-hydrogen) atoms. The predicted molar refractivity (Wildman–Crippen MR) is 126 cm³/mol. The number of halogens is 1. The number of aliphatic imine (C=N–C) groups is 1. The molecule has 1 unspecified atom stereocenters. The number of ether oxygens (including phenoxy) is 1. The highest BCUT2D eigenvalue weighted by atomic mass is 127. The minimum atomic E-state index is -2.94. The van der Waals surface area contributed by atoms with Gasteiger partial charge in [0.1, 0.15) is 15.6 Å². The third kappa shape index (κ3) is 9.95. The molecule has 0 spiro atoms. The van der Waals surface area contributed by atoms with Crippen molar-refractivity contribution >= 4 is 39.8 Å². The second-order valence-electron chi connectivity index (χ2n) is 7.41. The van der Waals surface area contributed by atoms with Crippen LogP contribution >= 0.6 is 24.0 Å². The van der Waals surface area contributed by atoms with E-state index in [2.05, 4.69) is 27.8 Å². The van der Waals surface area contributed by atoms with Crippen molar-refractivity contribution < 1.29 is 13.2 Å². The maximum Gasteiger partial charge on any atom is 0.191 e. The van der Waals surface area contributed by atoms with Crippen molar-refractivity contribution in [3.63, 3.8) is 0 Å². The number of guanidine groups is 1. The van der Waals surface area contributed by atoms with E-state index in [4.69, 9.17) is 4.74 Å². The average molecular weight is 523 g/mol. The number of sulfone groups is 1.